The first-order valence-corrected chi connectivity index (χ1v) is 4.77. The number of hydrogen-bond donors (Lipinski definition) is 0. The fourth-order valence-electron chi connectivity index (χ4n) is 1.46. The molecule has 0 N–H and O–H groups in total. The van der Waals surface area contributed by atoms with Gasteiger partial charge in [0, 0.05) is 19.2 Å². The van der Waals surface area contributed by atoms with Crippen LogP contribution in [0.1, 0.15) is 39.5 Å². The summed E-state index contributed by atoms with van der Waals surface area (Å²) in [5.41, 5.74) is 1.37. The highest BCUT2D eigenvalue weighted by Crippen LogP contribution is 2.14. The van der Waals surface area contributed by atoms with Crippen LogP contribution in [0.4, 0.5) is 0 Å². The molecule has 0 unspecified atom stereocenters. The molecule has 0 aromatic heterocycles. The predicted molar refractivity (Wildman–Crippen MR) is 49.6 cm³/mol. The number of likely N-dealkylation sites (tertiary alicyclic amines) is 1. The summed E-state index contributed by atoms with van der Waals surface area (Å²) in [6.45, 7) is 5.19. The molecule has 0 radical (unpaired) electrons. The van der Waals surface area contributed by atoms with Crippen molar-refractivity contribution in [2.24, 2.45) is 0 Å². The minimum absolute atomic E-state index is 0.286. The standard InChI is InChI=1S/C10H17NO/c1-3-9(4-2)8-11-7-5-6-10(11)12/h8H,3-7H2,1-2H3. The Kier molecular flexibility index (Phi) is 3.32. The molecule has 0 spiro atoms. The van der Waals surface area contributed by atoms with Crippen molar-refractivity contribution >= 4 is 5.91 Å². The minimum Gasteiger partial charge on any atom is -0.319 e. The van der Waals surface area contributed by atoms with Crippen molar-refractivity contribution in [3.05, 3.63) is 11.8 Å². The van der Waals surface area contributed by atoms with Crippen molar-refractivity contribution in [1.82, 2.24) is 4.90 Å². The van der Waals surface area contributed by atoms with Crippen molar-refractivity contribution < 1.29 is 4.79 Å². The lowest BCUT2D eigenvalue weighted by molar-refractivity contribution is -0.125. The van der Waals surface area contributed by atoms with Crippen LogP contribution in [0.3, 0.4) is 0 Å². The van der Waals surface area contributed by atoms with Gasteiger partial charge in [-0.2, -0.15) is 0 Å². The molecule has 1 fully saturated rings. The van der Waals surface area contributed by atoms with Gasteiger partial charge in [-0.3, -0.25) is 4.79 Å². The minimum atomic E-state index is 0.286. The molecule has 68 valence electrons. The summed E-state index contributed by atoms with van der Waals surface area (Å²) < 4.78 is 0. The SMILES string of the molecule is CCC(=CN1CCCC1=O)CC. The molecule has 1 aliphatic rings. The van der Waals surface area contributed by atoms with Gasteiger partial charge in [0.25, 0.3) is 0 Å². The molecule has 0 saturated carbocycles. The molecule has 0 atom stereocenters. The number of allylic oxidation sites excluding steroid dienone is 1. The smallest absolute Gasteiger partial charge is 0.226 e. The lowest BCUT2D eigenvalue weighted by Gasteiger charge is -2.11. The number of hydrogen-bond acceptors (Lipinski definition) is 1. The van der Waals surface area contributed by atoms with Crippen molar-refractivity contribution in [2.45, 2.75) is 39.5 Å². The largest absolute Gasteiger partial charge is 0.319 e. The second-order valence-corrected chi connectivity index (χ2v) is 3.19. The van der Waals surface area contributed by atoms with E-state index < -0.39 is 0 Å². The fourth-order valence-corrected chi connectivity index (χ4v) is 1.46. The summed E-state index contributed by atoms with van der Waals surface area (Å²) >= 11 is 0. The van der Waals surface area contributed by atoms with Crippen molar-refractivity contribution in [3.63, 3.8) is 0 Å². The van der Waals surface area contributed by atoms with Crippen LogP contribution in [-0.2, 0) is 4.79 Å². The third kappa shape index (κ3) is 2.10. The average Bonchev–Trinajstić information content (AvgIpc) is 2.47. The highest BCUT2D eigenvalue weighted by Gasteiger charge is 2.17. The topological polar surface area (TPSA) is 20.3 Å². The molecule has 0 aromatic rings. The van der Waals surface area contributed by atoms with Crippen LogP contribution < -0.4 is 0 Å². The average molecular weight is 167 g/mol. The molecule has 1 amide bonds. The van der Waals surface area contributed by atoms with E-state index in [-0.39, 0.29) is 5.91 Å². The van der Waals surface area contributed by atoms with E-state index in [2.05, 4.69) is 13.8 Å². The van der Waals surface area contributed by atoms with Gasteiger partial charge in [0.15, 0.2) is 0 Å². The van der Waals surface area contributed by atoms with E-state index in [9.17, 15) is 4.79 Å². The summed E-state index contributed by atoms with van der Waals surface area (Å²) in [6, 6.07) is 0. The van der Waals surface area contributed by atoms with Crippen molar-refractivity contribution in [2.75, 3.05) is 6.54 Å². The summed E-state index contributed by atoms with van der Waals surface area (Å²) in [6.07, 6.45) is 5.91. The molecule has 1 saturated heterocycles. The third-order valence-electron chi connectivity index (χ3n) is 2.36. The molecular weight excluding hydrogens is 150 g/mol. The molecule has 12 heavy (non-hydrogen) atoms. The van der Waals surface area contributed by atoms with Crippen LogP contribution in [0.15, 0.2) is 11.8 Å². The third-order valence-corrected chi connectivity index (χ3v) is 2.36. The van der Waals surface area contributed by atoms with E-state index in [0.29, 0.717) is 0 Å². The quantitative estimate of drug-likeness (QED) is 0.631. The molecule has 0 aliphatic carbocycles. The number of carbonyl (C=O) groups excluding carboxylic acids is 1. The van der Waals surface area contributed by atoms with Gasteiger partial charge in [-0.25, -0.2) is 0 Å². The van der Waals surface area contributed by atoms with E-state index in [0.717, 1.165) is 32.2 Å². The van der Waals surface area contributed by atoms with Gasteiger partial charge in [0.05, 0.1) is 0 Å². The highest BCUT2D eigenvalue weighted by molar-refractivity contribution is 5.79. The summed E-state index contributed by atoms with van der Waals surface area (Å²) in [4.78, 5) is 13.1. The van der Waals surface area contributed by atoms with Gasteiger partial charge >= 0.3 is 0 Å². The zero-order valence-corrected chi connectivity index (χ0v) is 7.97. The summed E-state index contributed by atoms with van der Waals surface area (Å²) in [5.74, 6) is 0.286. The maximum Gasteiger partial charge on any atom is 0.226 e. The zero-order valence-electron chi connectivity index (χ0n) is 7.97. The Labute approximate surface area is 74.2 Å². The van der Waals surface area contributed by atoms with Gasteiger partial charge in [-0.05, 0) is 19.3 Å². The number of rotatable bonds is 3. The second-order valence-electron chi connectivity index (χ2n) is 3.19. The molecule has 2 nitrogen and oxygen atoms in total. The predicted octanol–water partition coefficient (Wildman–Crippen LogP) is 2.31. The number of nitrogens with zero attached hydrogens (tertiary/aromatic N) is 1. The van der Waals surface area contributed by atoms with E-state index in [1.807, 2.05) is 11.1 Å². The molecule has 1 rings (SSSR count). The molecule has 0 aromatic carbocycles. The Morgan fingerprint density at radius 3 is 2.58 bits per heavy atom. The Morgan fingerprint density at radius 1 is 1.50 bits per heavy atom. The van der Waals surface area contributed by atoms with Crippen LogP contribution in [-0.4, -0.2) is 17.4 Å². The van der Waals surface area contributed by atoms with Crippen LogP contribution in [0.2, 0.25) is 0 Å². The Balaban J connectivity index is 2.57. The monoisotopic (exact) mass is 167 g/mol. The Hall–Kier alpha value is -0.790. The van der Waals surface area contributed by atoms with E-state index >= 15 is 0 Å². The van der Waals surface area contributed by atoms with Gasteiger partial charge in [0.2, 0.25) is 5.91 Å². The first kappa shape index (κ1) is 9.30. The van der Waals surface area contributed by atoms with Crippen LogP contribution in [0.5, 0.6) is 0 Å². The normalized spacial score (nSPS) is 16.8. The van der Waals surface area contributed by atoms with Crippen LogP contribution in [0, 0.1) is 0 Å². The molecule has 0 bridgehead atoms. The lowest BCUT2D eigenvalue weighted by Crippen LogP contribution is -2.18. The van der Waals surface area contributed by atoms with Crippen LogP contribution in [0.25, 0.3) is 0 Å². The van der Waals surface area contributed by atoms with Gasteiger partial charge in [-0.1, -0.05) is 19.4 Å². The molecular formula is C10H17NO. The van der Waals surface area contributed by atoms with E-state index in [1.165, 1.54) is 5.57 Å². The van der Waals surface area contributed by atoms with E-state index in [4.69, 9.17) is 0 Å². The zero-order chi connectivity index (χ0) is 8.97. The number of carbonyl (C=O) groups is 1. The lowest BCUT2D eigenvalue weighted by atomic mass is 10.2. The van der Waals surface area contributed by atoms with Gasteiger partial charge < -0.3 is 4.90 Å². The maximum absolute atomic E-state index is 11.2. The Morgan fingerprint density at radius 2 is 2.17 bits per heavy atom. The number of amides is 1. The van der Waals surface area contributed by atoms with Crippen LogP contribution >= 0.6 is 0 Å². The summed E-state index contributed by atoms with van der Waals surface area (Å²) in [5, 5.41) is 0. The summed E-state index contributed by atoms with van der Waals surface area (Å²) in [7, 11) is 0. The van der Waals surface area contributed by atoms with E-state index in [1.54, 1.807) is 0 Å². The van der Waals surface area contributed by atoms with Gasteiger partial charge in [-0.15, -0.1) is 0 Å². The Bertz CT molecular complexity index is 190. The van der Waals surface area contributed by atoms with Crippen molar-refractivity contribution in [1.29, 1.82) is 0 Å². The first-order chi connectivity index (χ1) is 5.77. The highest BCUT2D eigenvalue weighted by atomic mass is 16.2. The molecule has 2 heteroatoms. The first-order valence-electron chi connectivity index (χ1n) is 4.77. The molecule has 1 aliphatic heterocycles. The maximum atomic E-state index is 11.2. The molecule has 1 heterocycles. The fraction of sp³-hybridized carbons (Fsp3) is 0.700. The van der Waals surface area contributed by atoms with Crippen molar-refractivity contribution in [3.8, 4) is 0 Å². The van der Waals surface area contributed by atoms with Gasteiger partial charge in [0.1, 0.15) is 0 Å². The second kappa shape index (κ2) is 4.29.